The van der Waals surface area contributed by atoms with Crippen molar-refractivity contribution in [2.75, 3.05) is 25.0 Å². The zero-order chi connectivity index (χ0) is 48.3. The Bertz CT molecular complexity index is 2220. The summed E-state index contributed by atoms with van der Waals surface area (Å²) < 4.78 is 10.6. The molecule has 1 aromatic heterocycles. The number of carbonyl (C=O) groups is 7. The smallest absolute Gasteiger partial charge is 0.408 e. The zero-order valence-corrected chi connectivity index (χ0v) is 37.7. The molecular formula is C44H63N11O10. The Morgan fingerprint density at radius 3 is 2.03 bits per heavy atom. The van der Waals surface area contributed by atoms with E-state index in [1.807, 2.05) is 0 Å². The molecule has 65 heavy (non-hydrogen) atoms. The number of anilines is 1. The zero-order valence-electron chi connectivity index (χ0n) is 37.7. The predicted molar refractivity (Wildman–Crippen MR) is 244 cm³/mol. The third-order valence-corrected chi connectivity index (χ3v) is 9.61. The fourth-order valence-corrected chi connectivity index (χ4v) is 6.30. The number of nitrogens with zero attached hydrogens (tertiary/aromatic N) is 1. The van der Waals surface area contributed by atoms with Gasteiger partial charge in [0.1, 0.15) is 41.4 Å². The van der Waals surface area contributed by atoms with Gasteiger partial charge in [-0.3, -0.25) is 33.8 Å². The average molecular weight is 906 g/mol. The van der Waals surface area contributed by atoms with E-state index in [0.29, 0.717) is 36.0 Å². The van der Waals surface area contributed by atoms with Gasteiger partial charge < -0.3 is 63.6 Å². The topological polar surface area (TPSA) is 334 Å². The SMILES string of the molecule is Cc1cc(=O)oc2cc(NC(=O)[C@H](CCCCN)NC(=O)[C@H](CCCN=C(N)N)NC(=O)CNC(=O)[C@H](C)NC(=O)[C@H](C)NC(=O)[C@H](Cc3ccccc3)NC(=O)OC(C)(C)C)ccc12. The van der Waals surface area contributed by atoms with Crippen LogP contribution in [0.25, 0.3) is 11.0 Å². The van der Waals surface area contributed by atoms with Crippen molar-refractivity contribution in [2.24, 2.45) is 22.2 Å². The lowest BCUT2D eigenvalue weighted by Gasteiger charge is -2.25. The quantitative estimate of drug-likeness (QED) is 0.0268. The first-order valence-electron chi connectivity index (χ1n) is 21.3. The van der Waals surface area contributed by atoms with Gasteiger partial charge in [0.2, 0.25) is 35.4 Å². The highest BCUT2D eigenvalue weighted by Crippen LogP contribution is 2.21. The number of nitrogens with two attached hydrogens (primary N) is 3. The predicted octanol–water partition coefficient (Wildman–Crippen LogP) is 0.454. The molecule has 2 aromatic carbocycles. The van der Waals surface area contributed by atoms with E-state index in [4.69, 9.17) is 26.4 Å². The summed E-state index contributed by atoms with van der Waals surface area (Å²) in [6.07, 6.45) is 0.800. The minimum absolute atomic E-state index is 0.0397. The second-order valence-electron chi connectivity index (χ2n) is 16.4. The maximum atomic E-state index is 13.7. The van der Waals surface area contributed by atoms with Crippen molar-refractivity contribution in [3.05, 3.63) is 76.1 Å². The van der Waals surface area contributed by atoms with Gasteiger partial charge in [0, 0.05) is 36.2 Å². The number of aryl methyl sites for hydroxylation is 1. The highest BCUT2D eigenvalue weighted by atomic mass is 16.6. The fourth-order valence-electron chi connectivity index (χ4n) is 6.30. The molecule has 5 atom stereocenters. The number of benzene rings is 2. The standard InChI is InChI=1S/C44H63N11O10/c1-25-21-36(57)64-34-23-29(17-18-30(25)34)52-39(60)32(15-10-11-19-45)54-40(61)31(16-12-20-48-42(46)47)53-35(56)24-49-37(58)26(2)50-38(59)27(3)51-41(62)33(22-28-13-8-7-9-14-28)55-43(63)65-44(4,5)6/h7-9,13-14,17-18,21,23,26-27,31-33H,10-12,15-16,19-20,22,24,45H2,1-6H3,(H,49,58)(H,50,59)(H,51,62)(H,52,60)(H,53,56)(H,54,61)(H,55,63)(H4,46,47,48)/t26-,27-,31-,32-,33-/m0/s1. The highest BCUT2D eigenvalue weighted by Gasteiger charge is 2.30. The lowest BCUT2D eigenvalue weighted by Crippen LogP contribution is -2.56. The Morgan fingerprint density at radius 2 is 1.37 bits per heavy atom. The fraction of sp³-hybridized carbons (Fsp3) is 0.477. The number of alkyl carbamates (subject to hydrolysis) is 1. The molecule has 0 radical (unpaired) electrons. The largest absolute Gasteiger partial charge is 0.444 e. The van der Waals surface area contributed by atoms with Gasteiger partial charge in [-0.15, -0.1) is 0 Å². The summed E-state index contributed by atoms with van der Waals surface area (Å²) >= 11 is 0. The van der Waals surface area contributed by atoms with E-state index in [1.54, 1.807) is 70.2 Å². The van der Waals surface area contributed by atoms with Crippen LogP contribution in [0.15, 0.2) is 68.8 Å². The van der Waals surface area contributed by atoms with Gasteiger partial charge in [0.15, 0.2) is 5.96 Å². The molecule has 21 heteroatoms. The van der Waals surface area contributed by atoms with Crippen molar-refractivity contribution in [3.63, 3.8) is 0 Å². The Hall–Kier alpha value is -7.03. The highest BCUT2D eigenvalue weighted by molar-refractivity contribution is 6.00. The maximum absolute atomic E-state index is 13.7. The van der Waals surface area contributed by atoms with Gasteiger partial charge in [-0.1, -0.05) is 30.3 Å². The Kier molecular flexibility index (Phi) is 20.4. The van der Waals surface area contributed by atoms with Gasteiger partial charge >= 0.3 is 11.7 Å². The molecule has 0 fully saturated rings. The number of unbranched alkanes of at least 4 members (excludes halogenated alkanes) is 1. The van der Waals surface area contributed by atoms with Gasteiger partial charge in [0.25, 0.3) is 0 Å². The number of nitrogens with one attached hydrogen (secondary N) is 7. The molecule has 0 aliphatic rings. The summed E-state index contributed by atoms with van der Waals surface area (Å²) in [4.78, 5) is 108. The summed E-state index contributed by atoms with van der Waals surface area (Å²) in [5.41, 5.74) is 17.2. The summed E-state index contributed by atoms with van der Waals surface area (Å²) in [6.45, 7) is 9.43. The molecule has 7 amide bonds. The molecule has 21 nitrogen and oxygen atoms in total. The average Bonchev–Trinajstić information content (AvgIpc) is 3.22. The first kappa shape index (κ1) is 52.3. The normalized spacial score (nSPS) is 13.4. The van der Waals surface area contributed by atoms with Gasteiger partial charge in [-0.25, -0.2) is 9.59 Å². The van der Waals surface area contributed by atoms with Crippen LogP contribution in [0.1, 0.15) is 77.8 Å². The lowest BCUT2D eigenvalue weighted by atomic mass is 10.0. The molecule has 0 saturated carbocycles. The third kappa shape index (κ3) is 18.7. The van der Waals surface area contributed by atoms with Crippen LogP contribution in [0.3, 0.4) is 0 Å². The summed E-state index contributed by atoms with van der Waals surface area (Å²) in [5.74, 6) is -4.37. The molecule has 13 N–H and O–H groups in total. The lowest BCUT2D eigenvalue weighted by molar-refractivity contribution is -0.133. The van der Waals surface area contributed by atoms with E-state index in [9.17, 15) is 38.4 Å². The first-order valence-corrected chi connectivity index (χ1v) is 21.3. The number of carbonyl (C=O) groups excluding carboxylic acids is 7. The molecule has 354 valence electrons. The van der Waals surface area contributed by atoms with Crippen LogP contribution in [0.2, 0.25) is 0 Å². The van der Waals surface area contributed by atoms with E-state index in [-0.39, 0.29) is 43.8 Å². The van der Waals surface area contributed by atoms with Crippen LogP contribution in [-0.2, 0) is 39.9 Å². The second kappa shape index (κ2) is 25.3. The Morgan fingerprint density at radius 1 is 0.738 bits per heavy atom. The monoisotopic (exact) mass is 905 g/mol. The van der Waals surface area contributed by atoms with Crippen molar-refractivity contribution in [2.45, 2.75) is 116 Å². The van der Waals surface area contributed by atoms with E-state index in [1.165, 1.54) is 26.0 Å². The molecule has 0 spiro atoms. The van der Waals surface area contributed by atoms with Crippen molar-refractivity contribution >= 4 is 64.2 Å². The third-order valence-electron chi connectivity index (χ3n) is 9.61. The minimum atomic E-state index is -1.20. The van der Waals surface area contributed by atoms with Crippen molar-refractivity contribution in [1.82, 2.24) is 31.9 Å². The minimum Gasteiger partial charge on any atom is -0.444 e. The van der Waals surface area contributed by atoms with E-state index in [2.05, 4.69) is 42.2 Å². The number of hydrogen-bond donors (Lipinski definition) is 10. The number of amides is 7. The molecular weight excluding hydrogens is 843 g/mol. The number of ether oxygens (including phenoxy) is 1. The Labute approximate surface area is 377 Å². The summed E-state index contributed by atoms with van der Waals surface area (Å²) in [5, 5.41) is 18.7. The molecule has 3 aromatic rings. The van der Waals surface area contributed by atoms with Crippen LogP contribution in [0, 0.1) is 6.92 Å². The molecule has 0 aliphatic carbocycles. The second-order valence-corrected chi connectivity index (χ2v) is 16.4. The molecule has 1 heterocycles. The number of rotatable bonds is 23. The van der Waals surface area contributed by atoms with Gasteiger partial charge in [0.05, 0.1) is 6.54 Å². The van der Waals surface area contributed by atoms with E-state index in [0.717, 1.165) is 5.56 Å². The molecule has 3 rings (SSSR count). The van der Waals surface area contributed by atoms with Crippen LogP contribution in [0.4, 0.5) is 10.5 Å². The van der Waals surface area contributed by atoms with Crippen LogP contribution < -0.4 is 60.0 Å². The van der Waals surface area contributed by atoms with E-state index < -0.39 is 89.5 Å². The Balaban J connectivity index is 1.63. The number of hydrogen-bond acceptors (Lipinski definition) is 12. The van der Waals surface area contributed by atoms with Gasteiger partial charge in [-0.2, -0.15) is 0 Å². The number of fused-ring (bicyclic) bond motifs is 1. The number of aliphatic imine (C=N–C) groups is 1. The van der Waals surface area contributed by atoms with Crippen molar-refractivity contribution < 1.29 is 42.7 Å². The van der Waals surface area contributed by atoms with Crippen LogP contribution in [-0.4, -0.2) is 103 Å². The van der Waals surface area contributed by atoms with Crippen LogP contribution >= 0.6 is 0 Å². The van der Waals surface area contributed by atoms with E-state index >= 15 is 0 Å². The van der Waals surface area contributed by atoms with Gasteiger partial charge in [-0.05, 0) is 103 Å². The van der Waals surface area contributed by atoms with Crippen LogP contribution in [0.5, 0.6) is 0 Å². The molecule has 0 saturated heterocycles. The summed E-state index contributed by atoms with van der Waals surface area (Å²) in [7, 11) is 0. The molecule has 0 aliphatic heterocycles. The summed E-state index contributed by atoms with van der Waals surface area (Å²) in [6, 6.07) is 9.40. The number of guanidine groups is 1. The first-order chi connectivity index (χ1) is 30.6. The van der Waals surface area contributed by atoms with Crippen molar-refractivity contribution in [3.8, 4) is 0 Å². The molecule has 0 unspecified atom stereocenters. The van der Waals surface area contributed by atoms with Crippen molar-refractivity contribution in [1.29, 1.82) is 0 Å². The molecule has 0 bridgehead atoms. The maximum Gasteiger partial charge on any atom is 0.408 e.